The second kappa shape index (κ2) is 4.65. The molecule has 0 saturated heterocycles. The number of carbonyl (C=O) groups excluding carboxylic acids is 1. The molecule has 0 unspecified atom stereocenters. The molecule has 4 N–H and O–H groups in total. The van der Waals surface area contributed by atoms with Crippen LogP contribution in [-0.4, -0.2) is 24.2 Å². The molecule has 15 heavy (non-hydrogen) atoms. The van der Waals surface area contributed by atoms with Crippen molar-refractivity contribution < 1.29 is 25.5 Å². The van der Waals surface area contributed by atoms with Crippen molar-refractivity contribution in [3.63, 3.8) is 0 Å². The molecule has 0 aromatic heterocycles. The normalized spacial score (nSPS) is 12.1. The molecule has 0 saturated carbocycles. The largest absolute Gasteiger partial charge is 0.544 e. The molecule has 0 bridgehead atoms. The summed E-state index contributed by atoms with van der Waals surface area (Å²) in [6.07, 6.45) is 0.222. The maximum Gasteiger partial charge on any atom is 0.160 e. The first-order valence-electron chi connectivity index (χ1n) is 4.44. The van der Waals surface area contributed by atoms with E-state index in [1.165, 1.54) is 13.2 Å². The van der Waals surface area contributed by atoms with Crippen LogP contribution < -0.4 is 15.6 Å². The molecule has 82 valence electrons. The number of aromatic hydroxyl groups is 1. The third-order valence-electron chi connectivity index (χ3n) is 2.06. The van der Waals surface area contributed by atoms with Gasteiger partial charge in [-0.05, 0) is 17.7 Å². The molecule has 0 aliphatic heterocycles. The zero-order chi connectivity index (χ0) is 11.4. The monoisotopic (exact) mass is 211 g/mol. The van der Waals surface area contributed by atoms with Gasteiger partial charge in [0.25, 0.3) is 0 Å². The average molecular weight is 211 g/mol. The predicted octanol–water partition coefficient (Wildman–Crippen LogP) is -1.70. The number of aliphatic carboxylic acids is 1. The standard InChI is InChI=1S/C10H13NO4/c1-15-9-3-2-6(5-8(9)12)4-7(11)10(13)14/h2-3,5,7,12H,4,11H2,1H3,(H,13,14)/t7-/m1/s1. The second-order valence-corrected chi connectivity index (χ2v) is 3.23. The van der Waals surface area contributed by atoms with Gasteiger partial charge in [0.2, 0.25) is 0 Å². The van der Waals surface area contributed by atoms with Crippen LogP contribution in [0, 0.1) is 0 Å². The Hall–Kier alpha value is -1.75. The highest BCUT2D eigenvalue weighted by atomic mass is 16.5. The zero-order valence-corrected chi connectivity index (χ0v) is 8.40. The Morgan fingerprint density at radius 2 is 2.33 bits per heavy atom. The molecule has 0 amide bonds. The first-order chi connectivity index (χ1) is 7.04. The number of hydrogen-bond acceptors (Lipinski definition) is 4. The van der Waals surface area contributed by atoms with Crippen molar-refractivity contribution in [1.29, 1.82) is 0 Å². The number of ether oxygens (including phenoxy) is 1. The molecular weight excluding hydrogens is 198 g/mol. The van der Waals surface area contributed by atoms with Crippen LogP contribution in [0.2, 0.25) is 0 Å². The number of carbonyl (C=O) groups is 1. The highest BCUT2D eigenvalue weighted by molar-refractivity contribution is 5.69. The summed E-state index contributed by atoms with van der Waals surface area (Å²) in [5.74, 6) is -0.862. The van der Waals surface area contributed by atoms with Gasteiger partial charge in [-0.1, -0.05) is 6.07 Å². The van der Waals surface area contributed by atoms with E-state index in [0.717, 1.165) is 0 Å². The maximum atomic E-state index is 10.5. The summed E-state index contributed by atoms with van der Waals surface area (Å²) in [5, 5.41) is 19.9. The molecule has 5 nitrogen and oxygen atoms in total. The average Bonchev–Trinajstić information content (AvgIpc) is 2.18. The van der Waals surface area contributed by atoms with Gasteiger partial charge >= 0.3 is 0 Å². The minimum absolute atomic E-state index is 0.0134. The summed E-state index contributed by atoms with van der Waals surface area (Å²) >= 11 is 0. The number of phenols is 1. The van der Waals surface area contributed by atoms with E-state index in [1.807, 2.05) is 0 Å². The van der Waals surface area contributed by atoms with E-state index >= 15 is 0 Å². The minimum Gasteiger partial charge on any atom is -0.544 e. The molecule has 0 fully saturated rings. The molecule has 5 heteroatoms. The molecule has 1 rings (SSSR count). The van der Waals surface area contributed by atoms with Crippen molar-refractivity contribution in [3.8, 4) is 11.5 Å². The molecule has 0 aliphatic carbocycles. The van der Waals surface area contributed by atoms with E-state index in [9.17, 15) is 15.0 Å². The zero-order valence-electron chi connectivity index (χ0n) is 8.40. The van der Waals surface area contributed by atoms with E-state index in [-0.39, 0.29) is 12.2 Å². The predicted molar refractivity (Wildman–Crippen MR) is 50.0 cm³/mol. The molecule has 0 heterocycles. The van der Waals surface area contributed by atoms with E-state index in [1.54, 1.807) is 12.1 Å². The minimum atomic E-state index is -1.20. The summed E-state index contributed by atoms with van der Waals surface area (Å²) < 4.78 is 4.86. The maximum absolute atomic E-state index is 10.5. The smallest absolute Gasteiger partial charge is 0.160 e. The first-order valence-corrected chi connectivity index (χ1v) is 4.44. The van der Waals surface area contributed by atoms with Gasteiger partial charge in [0.05, 0.1) is 13.1 Å². The number of quaternary nitrogens is 1. The van der Waals surface area contributed by atoms with Crippen molar-refractivity contribution in [2.75, 3.05) is 7.11 Å². The molecule has 0 aliphatic rings. The molecule has 1 aromatic carbocycles. The molecule has 1 aromatic rings. The number of benzene rings is 1. The van der Waals surface area contributed by atoms with Crippen LogP contribution in [0.15, 0.2) is 18.2 Å². The lowest BCUT2D eigenvalue weighted by atomic mass is 10.1. The van der Waals surface area contributed by atoms with E-state index < -0.39 is 12.0 Å². The summed E-state index contributed by atoms with van der Waals surface area (Å²) in [6, 6.07) is 3.89. The van der Waals surface area contributed by atoms with Gasteiger partial charge in [0.1, 0.15) is 6.04 Å². The Bertz CT molecular complexity index is 364. The Balaban J connectivity index is 2.79. The third-order valence-corrected chi connectivity index (χ3v) is 2.06. The molecule has 1 atom stereocenters. The van der Waals surface area contributed by atoms with Gasteiger partial charge in [-0.15, -0.1) is 0 Å². The van der Waals surface area contributed by atoms with Crippen LogP contribution >= 0.6 is 0 Å². The quantitative estimate of drug-likeness (QED) is 0.620. The summed E-state index contributed by atoms with van der Waals surface area (Å²) in [4.78, 5) is 10.5. The lowest BCUT2D eigenvalue weighted by Gasteiger charge is -2.10. The number of methoxy groups -OCH3 is 1. The highest BCUT2D eigenvalue weighted by Crippen LogP contribution is 2.26. The van der Waals surface area contributed by atoms with Crippen molar-refractivity contribution in [2.45, 2.75) is 12.5 Å². The van der Waals surface area contributed by atoms with Gasteiger partial charge in [0, 0.05) is 6.42 Å². The van der Waals surface area contributed by atoms with E-state index in [2.05, 4.69) is 5.73 Å². The fraction of sp³-hybridized carbons (Fsp3) is 0.300. The molecular formula is C10H13NO4. The van der Waals surface area contributed by atoms with Crippen molar-refractivity contribution >= 4 is 5.97 Å². The van der Waals surface area contributed by atoms with Crippen LogP contribution in [0.1, 0.15) is 5.56 Å². The topological polar surface area (TPSA) is 97.2 Å². The lowest BCUT2D eigenvalue weighted by Crippen LogP contribution is -2.69. The Morgan fingerprint density at radius 1 is 1.67 bits per heavy atom. The van der Waals surface area contributed by atoms with Crippen LogP contribution in [0.3, 0.4) is 0 Å². The summed E-state index contributed by atoms with van der Waals surface area (Å²) in [7, 11) is 1.44. The highest BCUT2D eigenvalue weighted by Gasteiger charge is 2.10. The Labute approximate surface area is 87.1 Å². The van der Waals surface area contributed by atoms with Gasteiger partial charge in [-0.3, -0.25) is 0 Å². The fourth-order valence-corrected chi connectivity index (χ4v) is 1.23. The Morgan fingerprint density at radius 3 is 2.80 bits per heavy atom. The van der Waals surface area contributed by atoms with Crippen LogP contribution in [0.5, 0.6) is 11.5 Å². The second-order valence-electron chi connectivity index (χ2n) is 3.23. The molecule has 0 radical (unpaired) electrons. The van der Waals surface area contributed by atoms with Crippen LogP contribution in [0.4, 0.5) is 0 Å². The van der Waals surface area contributed by atoms with E-state index in [4.69, 9.17) is 4.74 Å². The summed E-state index contributed by atoms with van der Waals surface area (Å²) in [6.45, 7) is 0. The number of carboxylic acid groups (broad SMARTS) is 1. The first kappa shape index (κ1) is 11.3. The number of phenolic OH excluding ortho intramolecular Hbond substituents is 1. The van der Waals surface area contributed by atoms with Crippen LogP contribution in [0.25, 0.3) is 0 Å². The Kier molecular flexibility index (Phi) is 3.51. The van der Waals surface area contributed by atoms with Crippen molar-refractivity contribution in [2.24, 2.45) is 0 Å². The fourth-order valence-electron chi connectivity index (χ4n) is 1.23. The van der Waals surface area contributed by atoms with E-state index in [0.29, 0.717) is 11.3 Å². The van der Waals surface area contributed by atoms with Gasteiger partial charge < -0.3 is 25.5 Å². The lowest BCUT2D eigenvalue weighted by molar-refractivity contribution is -0.437. The number of hydrogen-bond donors (Lipinski definition) is 2. The van der Waals surface area contributed by atoms with Gasteiger partial charge in [-0.25, -0.2) is 0 Å². The van der Waals surface area contributed by atoms with Crippen LogP contribution in [-0.2, 0) is 11.2 Å². The molecule has 0 spiro atoms. The third kappa shape index (κ3) is 2.85. The SMILES string of the molecule is COc1ccc(C[C@@H]([NH3+])C(=O)[O-])cc1O. The van der Waals surface area contributed by atoms with Gasteiger partial charge in [-0.2, -0.15) is 0 Å². The number of rotatable bonds is 4. The van der Waals surface area contributed by atoms with Gasteiger partial charge in [0.15, 0.2) is 11.5 Å². The number of carboxylic acids is 1. The van der Waals surface area contributed by atoms with Crippen molar-refractivity contribution in [3.05, 3.63) is 23.8 Å². The van der Waals surface area contributed by atoms with Crippen molar-refractivity contribution in [1.82, 2.24) is 0 Å². The summed E-state index contributed by atoms with van der Waals surface area (Å²) in [5.41, 5.74) is 4.11.